The molecule has 0 radical (unpaired) electrons. The predicted octanol–water partition coefficient (Wildman–Crippen LogP) is 14.4. The lowest BCUT2D eigenvalue weighted by molar-refractivity contribution is 1.32. The molecule has 8 aromatic carbocycles. The molecule has 0 saturated heterocycles. The van der Waals surface area contributed by atoms with Gasteiger partial charge in [0.25, 0.3) is 0 Å². The molecule has 3 heteroatoms. The van der Waals surface area contributed by atoms with E-state index in [-0.39, 0.29) is 0 Å². The van der Waals surface area contributed by atoms with E-state index in [9.17, 15) is 0 Å². The number of fused-ring (bicyclic) bond motifs is 7. The van der Waals surface area contributed by atoms with Crippen LogP contribution in [0.5, 0.6) is 0 Å². The maximum atomic E-state index is 2.49. The Balaban J connectivity index is 1.21. The third kappa shape index (κ3) is 4.66. The molecule has 0 fully saturated rings. The van der Waals surface area contributed by atoms with Gasteiger partial charge in [-0.15, -0.1) is 22.7 Å². The molecule has 10 rings (SSSR count). The first-order valence-corrected chi connectivity index (χ1v) is 18.2. The van der Waals surface area contributed by atoms with Gasteiger partial charge in [0.05, 0.1) is 16.1 Å². The van der Waals surface area contributed by atoms with E-state index >= 15 is 0 Å². The minimum Gasteiger partial charge on any atom is -0.308 e. The van der Waals surface area contributed by atoms with Crippen LogP contribution in [0.4, 0.5) is 17.1 Å². The van der Waals surface area contributed by atoms with E-state index < -0.39 is 0 Å². The summed E-state index contributed by atoms with van der Waals surface area (Å²) in [5.74, 6) is 0. The zero-order valence-electron chi connectivity index (χ0n) is 26.5. The molecule has 2 aromatic heterocycles. The van der Waals surface area contributed by atoms with Gasteiger partial charge in [-0.05, 0) is 75.5 Å². The minimum atomic E-state index is 1.14. The van der Waals surface area contributed by atoms with Crippen molar-refractivity contribution >= 4 is 90.9 Å². The Morgan fingerprint density at radius 1 is 0.367 bits per heavy atom. The van der Waals surface area contributed by atoms with Crippen molar-refractivity contribution in [3.63, 3.8) is 0 Å². The van der Waals surface area contributed by atoms with E-state index in [2.05, 4.69) is 181 Å². The number of rotatable bonds is 5. The summed E-state index contributed by atoms with van der Waals surface area (Å²) in [4.78, 5) is 2.49. The normalized spacial score (nSPS) is 11.7. The Morgan fingerprint density at radius 3 is 1.90 bits per heavy atom. The summed E-state index contributed by atoms with van der Waals surface area (Å²) >= 11 is 3.77. The molecule has 10 aromatic rings. The second-order valence-corrected chi connectivity index (χ2v) is 14.6. The maximum Gasteiger partial charge on any atom is 0.0640 e. The summed E-state index contributed by atoms with van der Waals surface area (Å²) < 4.78 is 5.22. The van der Waals surface area contributed by atoms with Crippen molar-refractivity contribution in [3.8, 4) is 22.3 Å². The molecule has 0 aliphatic heterocycles. The van der Waals surface area contributed by atoms with E-state index in [0.717, 1.165) is 5.69 Å². The van der Waals surface area contributed by atoms with Crippen molar-refractivity contribution < 1.29 is 0 Å². The zero-order chi connectivity index (χ0) is 32.3. The molecule has 0 atom stereocenters. The Kier molecular flexibility index (Phi) is 6.61. The van der Waals surface area contributed by atoms with Gasteiger partial charge < -0.3 is 4.90 Å². The van der Waals surface area contributed by atoms with Gasteiger partial charge in [0.1, 0.15) is 0 Å². The van der Waals surface area contributed by atoms with Crippen molar-refractivity contribution in [2.24, 2.45) is 0 Å². The fourth-order valence-electron chi connectivity index (χ4n) is 7.35. The van der Waals surface area contributed by atoms with Crippen molar-refractivity contribution in [1.29, 1.82) is 0 Å². The summed E-state index contributed by atoms with van der Waals surface area (Å²) in [6.45, 7) is 0. The molecular formula is C46H29NS2. The summed E-state index contributed by atoms with van der Waals surface area (Å²) in [6, 6.07) is 64.3. The van der Waals surface area contributed by atoms with Crippen LogP contribution in [0.1, 0.15) is 0 Å². The van der Waals surface area contributed by atoms with Gasteiger partial charge in [0.15, 0.2) is 0 Å². The number of benzene rings is 8. The van der Waals surface area contributed by atoms with Crippen molar-refractivity contribution in [2.45, 2.75) is 0 Å². The van der Waals surface area contributed by atoms with Gasteiger partial charge in [-0.1, -0.05) is 133 Å². The van der Waals surface area contributed by atoms with Crippen LogP contribution in [0.3, 0.4) is 0 Å². The van der Waals surface area contributed by atoms with Crippen LogP contribution in [-0.2, 0) is 0 Å². The fourth-order valence-corrected chi connectivity index (χ4v) is 9.82. The van der Waals surface area contributed by atoms with Gasteiger partial charge in [-0.2, -0.15) is 0 Å². The first-order valence-electron chi connectivity index (χ1n) is 16.6. The first kappa shape index (κ1) is 28.3. The van der Waals surface area contributed by atoms with Gasteiger partial charge >= 0.3 is 0 Å². The molecule has 0 spiro atoms. The van der Waals surface area contributed by atoms with Crippen LogP contribution < -0.4 is 4.90 Å². The summed E-state index contributed by atoms with van der Waals surface area (Å²) in [5.41, 5.74) is 8.49. The molecule has 0 aliphatic carbocycles. The number of hydrogen-bond acceptors (Lipinski definition) is 3. The average molecular weight is 660 g/mol. The molecule has 0 saturated carbocycles. The molecule has 49 heavy (non-hydrogen) atoms. The van der Waals surface area contributed by atoms with Gasteiger partial charge in [0.2, 0.25) is 0 Å². The van der Waals surface area contributed by atoms with Crippen LogP contribution in [0.2, 0.25) is 0 Å². The minimum absolute atomic E-state index is 1.14. The quantitative estimate of drug-likeness (QED) is 0.178. The van der Waals surface area contributed by atoms with Gasteiger partial charge in [0, 0.05) is 41.3 Å². The predicted molar refractivity (Wildman–Crippen MR) is 215 cm³/mol. The SMILES string of the molecule is c1ccc(-c2cccc3c2sc2c(N(c4ccc(-c5ccc6ccccc6c5)cc4)c4cccc5sc6ccccc6c45)cccc23)cc1. The number of hydrogen-bond donors (Lipinski definition) is 0. The van der Waals surface area contributed by atoms with E-state index in [1.165, 1.54) is 84.7 Å². The largest absolute Gasteiger partial charge is 0.308 e. The highest BCUT2D eigenvalue weighted by atomic mass is 32.1. The topological polar surface area (TPSA) is 3.24 Å². The third-order valence-corrected chi connectivity index (χ3v) is 12.1. The lowest BCUT2D eigenvalue weighted by atomic mass is 10.0. The Hall–Kier alpha value is -5.74. The molecule has 2 heterocycles. The molecule has 230 valence electrons. The van der Waals surface area contributed by atoms with Gasteiger partial charge in [-0.3, -0.25) is 0 Å². The Bertz CT molecular complexity index is 2830. The van der Waals surface area contributed by atoms with E-state index in [1.54, 1.807) is 0 Å². The Morgan fingerprint density at radius 2 is 1.02 bits per heavy atom. The first-order chi connectivity index (χ1) is 24.3. The van der Waals surface area contributed by atoms with Crippen LogP contribution in [-0.4, -0.2) is 0 Å². The molecule has 0 unspecified atom stereocenters. The molecule has 0 N–H and O–H groups in total. The van der Waals surface area contributed by atoms with Crippen LogP contribution >= 0.6 is 22.7 Å². The van der Waals surface area contributed by atoms with Crippen LogP contribution in [0.25, 0.3) is 73.4 Å². The van der Waals surface area contributed by atoms with Crippen molar-refractivity contribution in [1.82, 2.24) is 0 Å². The number of thiophene rings is 2. The van der Waals surface area contributed by atoms with Crippen LogP contribution in [0.15, 0.2) is 176 Å². The van der Waals surface area contributed by atoms with E-state index in [4.69, 9.17) is 0 Å². The molecule has 1 nitrogen and oxygen atoms in total. The monoisotopic (exact) mass is 659 g/mol. The second kappa shape index (κ2) is 11.5. The molecule has 0 aliphatic rings. The summed E-state index contributed by atoms with van der Waals surface area (Å²) in [6.07, 6.45) is 0. The van der Waals surface area contributed by atoms with Crippen molar-refractivity contribution in [2.75, 3.05) is 4.90 Å². The highest BCUT2D eigenvalue weighted by molar-refractivity contribution is 7.27. The molecular weight excluding hydrogens is 631 g/mol. The zero-order valence-corrected chi connectivity index (χ0v) is 28.1. The van der Waals surface area contributed by atoms with Crippen LogP contribution in [0, 0.1) is 0 Å². The standard InChI is InChI=1S/C46H29NS2/c1-2-12-32(13-3-1)36-16-8-17-37-38-18-9-20-41(46(38)49-45(36)37)47(40-19-10-22-43-44(40)39-15-6-7-21-42(39)48-43)35-27-25-31(26-28-35)34-24-23-30-11-4-5-14-33(30)29-34/h1-29H. The summed E-state index contributed by atoms with van der Waals surface area (Å²) in [7, 11) is 0. The third-order valence-electron chi connectivity index (χ3n) is 9.66. The molecule has 0 amide bonds. The maximum absolute atomic E-state index is 2.49. The molecule has 0 bridgehead atoms. The number of nitrogens with zero attached hydrogens (tertiary/aromatic N) is 1. The summed E-state index contributed by atoms with van der Waals surface area (Å²) in [5, 5.41) is 7.70. The van der Waals surface area contributed by atoms with Gasteiger partial charge in [-0.25, -0.2) is 0 Å². The Labute approximate surface area is 292 Å². The lowest BCUT2D eigenvalue weighted by Crippen LogP contribution is -2.10. The smallest absolute Gasteiger partial charge is 0.0640 e. The highest BCUT2D eigenvalue weighted by Gasteiger charge is 2.22. The number of anilines is 3. The van der Waals surface area contributed by atoms with E-state index in [0.29, 0.717) is 0 Å². The second-order valence-electron chi connectivity index (χ2n) is 12.5. The van der Waals surface area contributed by atoms with Crippen molar-refractivity contribution in [3.05, 3.63) is 176 Å². The lowest BCUT2D eigenvalue weighted by Gasteiger charge is -2.27. The fraction of sp³-hybridized carbons (Fsp3) is 0. The average Bonchev–Trinajstić information content (AvgIpc) is 3.75. The van der Waals surface area contributed by atoms with E-state index in [1.807, 2.05) is 22.7 Å². The highest BCUT2D eigenvalue weighted by Crippen LogP contribution is 2.50.